The van der Waals surface area contributed by atoms with E-state index in [1.165, 1.54) is 0 Å². The first-order valence-electron chi connectivity index (χ1n) is 22.1. The van der Waals surface area contributed by atoms with E-state index in [1.54, 1.807) is 38.2 Å². The highest BCUT2D eigenvalue weighted by atomic mass is 16.8. The molecule has 0 radical (unpaired) electrons. The van der Waals surface area contributed by atoms with Gasteiger partial charge in [-0.15, -0.1) is 0 Å². The summed E-state index contributed by atoms with van der Waals surface area (Å²) < 4.78 is 34.0. The van der Waals surface area contributed by atoms with Crippen LogP contribution in [0.4, 0.5) is 9.59 Å². The molecule has 61 heavy (non-hydrogen) atoms. The van der Waals surface area contributed by atoms with E-state index in [4.69, 9.17) is 28.4 Å². The van der Waals surface area contributed by atoms with Crippen molar-refractivity contribution in [2.45, 2.75) is 129 Å². The molecule has 6 saturated carbocycles. The van der Waals surface area contributed by atoms with Crippen LogP contribution in [0.1, 0.15) is 106 Å². The minimum absolute atomic E-state index is 0.0142. The lowest BCUT2D eigenvalue weighted by Crippen LogP contribution is -2.63. The van der Waals surface area contributed by atoms with E-state index < -0.39 is 76.1 Å². The van der Waals surface area contributed by atoms with Gasteiger partial charge in [0.2, 0.25) is 18.0 Å². The number of ketones is 2. The van der Waals surface area contributed by atoms with Crippen molar-refractivity contribution in [3.05, 3.63) is 47.6 Å². The molecule has 0 heterocycles. The van der Waals surface area contributed by atoms with Crippen molar-refractivity contribution in [1.82, 2.24) is 0 Å². The predicted molar refractivity (Wildman–Crippen MR) is 215 cm³/mol. The fourth-order valence-electron chi connectivity index (χ4n) is 14.7. The van der Waals surface area contributed by atoms with Crippen molar-refractivity contribution >= 4 is 35.8 Å². The molecule has 0 spiro atoms. The second-order valence-corrected chi connectivity index (χ2v) is 19.7. The molecule has 2 N–H and O–H groups in total. The molecule has 0 aromatic carbocycles. The average molecular weight is 849 g/mol. The third-order valence-corrected chi connectivity index (χ3v) is 17.3. The number of ether oxygens (including phenoxy) is 6. The Labute approximate surface area is 356 Å². The van der Waals surface area contributed by atoms with Crippen LogP contribution in [0.2, 0.25) is 0 Å². The van der Waals surface area contributed by atoms with Crippen LogP contribution in [0, 0.1) is 57.2 Å². The smallest absolute Gasteiger partial charge is 0.435 e. The molecule has 332 valence electrons. The molecule has 6 fully saturated rings. The highest BCUT2D eigenvalue weighted by Crippen LogP contribution is 2.70. The predicted octanol–water partition coefficient (Wildman–Crippen LogP) is 6.41. The molecule has 8 aliphatic carbocycles. The highest BCUT2D eigenvalue weighted by molar-refractivity contribution is 6.01. The summed E-state index contributed by atoms with van der Waals surface area (Å²) in [6, 6.07) is 0. The van der Waals surface area contributed by atoms with Gasteiger partial charge in [0.1, 0.15) is 0 Å². The summed E-state index contributed by atoms with van der Waals surface area (Å²) >= 11 is 0. The number of aliphatic hydroxyl groups excluding tert-OH is 2. The van der Waals surface area contributed by atoms with Crippen molar-refractivity contribution < 1.29 is 67.4 Å². The van der Waals surface area contributed by atoms with Gasteiger partial charge in [-0.1, -0.05) is 51.0 Å². The van der Waals surface area contributed by atoms with Crippen LogP contribution in [0.25, 0.3) is 0 Å². The average Bonchev–Trinajstić information content (AvgIpc) is 3.65. The molecule has 0 aromatic heterocycles. The summed E-state index contributed by atoms with van der Waals surface area (Å²) in [4.78, 5) is 80.2. The minimum atomic E-state index is -1.91. The van der Waals surface area contributed by atoms with Gasteiger partial charge in [0.05, 0.1) is 25.4 Å². The van der Waals surface area contributed by atoms with Crippen molar-refractivity contribution in [1.29, 1.82) is 0 Å². The lowest BCUT2D eigenvalue weighted by atomic mass is 9.46. The van der Waals surface area contributed by atoms with E-state index in [1.807, 2.05) is 39.8 Å². The number of hydrogen-bond acceptors (Lipinski definition) is 14. The van der Waals surface area contributed by atoms with E-state index in [0.29, 0.717) is 38.5 Å². The van der Waals surface area contributed by atoms with E-state index >= 15 is 0 Å². The van der Waals surface area contributed by atoms with Crippen molar-refractivity contribution in [3.8, 4) is 0 Å². The van der Waals surface area contributed by atoms with Crippen molar-refractivity contribution in [2.75, 3.05) is 20.0 Å². The zero-order chi connectivity index (χ0) is 43.9. The molecule has 0 bridgehead atoms. The SMILES string of the molecule is CCOC(=O)OC1(C(=O)OCOC(=O)[C@@]2(OC(=O)OCC)CCC3C4CCC5=CC(=O)C=C[C@]5(C)C4[C@@H](O)C[C@@]32C)CCC2C3CCC4=CC(=O)C=C[C@]4(C)C3[C@@H](O)C[C@@]21C. The Bertz CT molecular complexity index is 1880. The molecular weight excluding hydrogens is 789 g/mol. The Balaban J connectivity index is 1.04. The van der Waals surface area contributed by atoms with Crippen LogP contribution >= 0.6 is 0 Å². The van der Waals surface area contributed by atoms with Gasteiger partial charge in [0, 0.05) is 33.5 Å². The minimum Gasteiger partial charge on any atom is -0.435 e. The molecule has 8 aliphatic rings. The number of esters is 2. The Kier molecular flexibility index (Phi) is 10.8. The van der Waals surface area contributed by atoms with Gasteiger partial charge < -0.3 is 38.6 Å². The lowest BCUT2D eigenvalue weighted by molar-refractivity contribution is -0.219. The van der Waals surface area contributed by atoms with Crippen LogP contribution in [0.15, 0.2) is 47.6 Å². The first-order chi connectivity index (χ1) is 28.8. The maximum Gasteiger partial charge on any atom is 0.509 e. The molecule has 8 rings (SSSR count). The van der Waals surface area contributed by atoms with Crippen LogP contribution in [0.5, 0.6) is 0 Å². The molecule has 0 aromatic rings. The van der Waals surface area contributed by atoms with Gasteiger partial charge in [-0.2, -0.15) is 0 Å². The number of rotatable bonds is 8. The molecule has 0 amide bonds. The summed E-state index contributed by atoms with van der Waals surface area (Å²) in [7, 11) is 0. The standard InChI is InChI=1S/C47H60O14/c1-7-56-40(54)60-46(19-15-32-30-11-9-26-21-28(48)13-17-42(26,3)36(30)34(50)23-44(32,46)5)38(52)58-25-59-39(53)47(61-41(55)57-8-2)20-16-33-31-12-10-27-22-29(49)14-18-43(27,4)37(31)35(51)24-45(33,47)6/h13-14,17-18,21-22,30-37,50-51H,7-12,15-16,19-20,23-25H2,1-6H3/t30?,31?,32?,33?,34-,35-,36?,37?,42-,43-,44-,45-,46-,47?/m0/s1. The largest absolute Gasteiger partial charge is 0.509 e. The number of aliphatic hydroxyl groups is 2. The third-order valence-electron chi connectivity index (χ3n) is 17.3. The zero-order valence-corrected chi connectivity index (χ0v) is 36.1. The maximum absolute atomic E-state index is 14.6. The van der Waals surface area contributed by atoms with Crippen LogP contribution in [0.3, 0.4) is 0 Å². The maximum atomic E-state index is 14.6. The normalized spacial score (nSPS) is 44.1. The molecule has 14 heteroatoms. The fraction of sp³-hybridized carbons (Fsp3) is 0.702. The van der Waals surface area contributed by atoms with Gasteiger partial charge in [0.25, 0.3) is 0 Å². The summed E-state index contributed by atoms with van der Waals surface area (Å²) in [6.07, 6.45) is 10.1. The summed E-state index contributed by atoms with van der Waals surface area (Å²) in [5.41, 5.74) is -5.22. The zero-order valence-electron chi connectivity index (χ0n) is 36.1. The first-order valence-corrected chi connectivity index (χ1v) is 22.1. The van der Waals surface area contributed by atoms with Crippen LogP contribution in [-0.2, 0) is 47.6 Å². The molecule has 0 aliphatic heterocycles. The van der Waals surface area contributed by atoms with Crippen molar-refractivity contribution in [3.63, 3.8) is 0 Å². The molecule has 7 unspecified atom stereocenters. The quantitative estimate of drug-likeness (QED) is 0.154. The lowest BCUT2D eigenvalue weighted by Gasteiger charge is -2.59. The molecule has 14 nitrogen and oxygen atoms in total. The Hall–Kier alpha value is -4.30. The van der Waals surface area contributed by atoms with E-state index in [0.717, 1.165) is 11.1 Å². The second kappa shape index (κ2) is 15.2. The van der Waals surface area contributed by atoms with Gasteiger partial charge >= 0.3 is 24.2 Å². The van der Waals surface area contributed by atoms with Gasteiger partial charge in [0.15, 0.2) is 11.6 Å². The fourth-order valence-corrected chi connectivity index (χ4v) is 14.7. The van der Waals surface area contributed by atoms with Crippen LogP contribution < -0.4 is 0 Å². The number of hydrogen-bond donors (Lipinski definition) is 2. The third kappa shape index (κ3) is 6.30. The van der Waals surface area contributed by atoms with E-state index in [2.05, 4.69) is 0 Å². The summed E-state index contributed by atoms with van der Waals surface area (Å²) in [6.45, 7) is 10.0. The topological polar surface area (TPSA) is 198 Å². The molecule has 14 atom stereocenters. The number of carbonyl (C=O) groups excluding carboxylic acids is 6. The Morgan fingerprint density at radius 3 is 1.39 bits per heavy atom. The van der Waals surface area contributed by atoms with Crippen molar-refractivity contribution in [2.24, 2.45) is 57.2 Å². The molecular formula is C47H60O14. The van der Waals surface area contributed by atoms with E-state index in [9.17, 15) is 39.0 Å². The Morgan fingerprint density at radius 2 is 1.02 bits per heavy atom. The first kappa shape index (κ1) is 43.4. The molecule has 0 saturated heterocycles. The summed E-state index contributed by atoms with van der Waals surface area (Å²) in [5.74, 6) is -3.11. The van der Waals surface area contributed by atoms with E-state index in [-0.39, 0.29) is 86.0 Å². The van der Waals surface area contributed by atoms with Gasteiger partial charge in [-0.25, -0.2) is 19.2 Å². The summed E-state index contributed by atoms with van der Waals surface area (Å²) in [5, 5.41) is 24.0. The monoisotopic (exact) mass is 848 g/mol. The second-order valence-electron chi connectivity index (χ2n) is 19.7. The van der Waals surface area contributed by atoms with Gasteiger partial charge in [-0.3, -0.25) is 9.59 Å². The van der Waals surface area contributed by atoms with Gasteiger partial charge in [-0.05, 0) is 126 Å². The Morgan fingerprint density at radius 1 is 0.623 bits per heavy atom. The van der Waals surface area contributed by atoms with Crippen LogP contribution in [-0.4, -0.2) is 89.4 Å². The number of fused-ring (bicyclic) bond motifs is 10. The number of allylic oxidation sites excluding steroid dienone is 8. The number of carbonyl (C=O) groups is 6. The highest BCUT2D eigenvalue weighted by Gasteiger charge is 2.73.